The highest BCUT2D eigenvalue weighted by atomic mass is 16.6. The van der Waals surface area contributed by atoms with Gasteiger partial charge in [-0.2, -0.15) is 0 Å². The van der Waals surface area contributed by atoms with Crippen molar-refractivity contribution in [1.29, 1.82) is 0 Å². The summed E-state index contributed by atoms with van der Waals surface area (Å²) in [4.78, 5) is 22.9. The molecule has 1 saturated carbocycles. The lowest BCUT2D eigenvalue weighted by Gasteiger charge is -2.22. The Labute approximate surface area is 165 Å². The van der Waals surface area contributed by atoms with Crippen LogP contribution in [0.4, 0.5) is 10.7 Å². The number of hydrogen-bond donors (Lipinski definition) is 1. The Bertz CT molecular complexity index is 808. The first-order valence-electron chi connectivity index (χ1n) is 9.62. The van der Waals surface area contributed by atoms with Gasteiger partial charge in [-0.1, -0.05) is 30.3 Å². The average Bonchev–Trinajstić information content (AvgIpc) is 3.09. The summed E-state index contributed by atoms with van der Waals surface area (Å²) in [6.45, 7) is 7.78. The van der Waals surface area contributed by atoms with E-state index in [0.29, 0.717) is 30.1 Å². The molecule has 3 atom stereocenters. The quantitative estimate of drug-likeness (QED) is 0.857. The Hall–Kier alpha value is -2.83. The van der Waals surface area contributed by atoms with E-state index in [4.69, 9.17) is 9.47 Å². The number of ether oxygens (including phenoxy) is 2. The number of benzene rings is 1. The molecule has 1 aromatic heterocycles. The normalized spacial score (nSPS) is 23.1. The maximum absolute atomic E-state index is 11.9. The summed E-state index contributed by atoms with van der Waals surface area (Å²) in [5.41, 5.74) is 0.632. The fourth-order valence-corrected chi connectivity index (χ4v) is 3.64. The van der Waals surface area contributed by atoms with Gasteiger partial charge in [0, 0.05) is 31.0 Å². The van der Waals surface area contributed by atoms with E-state index in [0.717, 1.165) is 18.7 Å². The minimum atomic E-state index is -0.474. The molecule has 1 N–H and O–H groups in total. The van der Waals surface area contributed by atoms with Crippen molar-refractivity contribution >= 4 is 12.0 Å². The number of carbonyl (C=O) groups excluding carboxylic acids is 1. The van der Waals surface area contributed by atoms with Crippen molar-refractivity contribution in [2.24, 2.45) is 11.8 Å². The summed E-state index contributed by atoms with van der Waals surface area (Å²) in [6.07, 6.45) is 3.09. The van der Waals surface area contributed by atoms with Gasteiger partial charge < -0.3 is 19.7 Å². The highest BCUT2D eigenvalue weighted by Crippen LogP contribution is 2.46. The van der Waals surface area contributed by atoms with Crippen LogP contribution in [-0.2, 0) is 11.3 Å². The molecule has 0 radical (unpaired) electrons. The topological polar surface area (TPSA) is 76.6 Å². The lowest BCUT2D eigenvalue weighted by atomic mass is 10.2. The zero-order valence-corrected chi connectivity index (χ0v) is 16.5. The summed E-state index contributed by atoms with van der Waals surface area (Å²) >= 11 is 0. The van der Waals surface area contributed by atoms with E-state index in [1.165, 1.54) is 0 Å². The molecular formula is C21H26N4O3. The first-order valence-corrected chi connectivity index (χ1v) is 9.62. The van der Waals surface area contributed by atoms with Gasteiger partial charge in [0.1, 0.15) is 12.2 Å². The molecule has 2 aromatic rings. The van der Waals surface area contributed by atoms with Crippen molar-refractivity contribution in [3.8, 4) is 5.75 Å². The Morgan fingerprint density at radius 3 is 2.39 bits per heavy atom. The molecule has 4 rings (SSSR count). The number of piperidine rings is 1. The molecule has 28 heavy (non-hydrogen) atoms. The maximum atomic E-state index is 11.9. The molecule has 1 unspecified atom stereocenters. The van der Waals surface area contributed by atoms with Crippen molar-refractivity contribution in [1.82, 2.24) is 15.3 Å². The van der Waals surface area contributed by atoms with Crippen LogP contribution in [0.15, 0.2) is 42.7 Å². The molecule has 1 aliphatic carbocycles. The maximum Gasteiger partial charge on any atom is 0.407 e. The molecule has 2 fully saturated rings. The van der Waals surface area contributed by atoms with Crippen LogP contribution < -0.4 is 15.0 Å². The number of hydrogen-bond acceptors (Lipinski definition) is 6. The molecule has 1 amide bonds. The van der Waals surface area contributed by atoms with Gasteiger partial charge in [-0.05, 0) is 26.3 Å². The Morgan fingerprint density at radius 1 is 1.14 bits per heavy atom. The second-order valence-corrected chi connectivity index (χ2v) is 8.40. The highest BCUT2D eigenvalue weighted by molar-refractivity contribution is 5.69. The summed E-state index contributed by atoms with van der Waals surface area (Å²) in [5, 5.41) is 2.98. The summed E-state index contributed by atoms with van der Waals surface area (Å²) < 4.78 is 11.1. The third kappa shape index (κ3) is 4.35. The first-order chi connectivity index (χ1) is 13.4. The Morgan fingerprint density at radius 2 is 1.79 bits per heavy atom. The van der Waals surface area contributed by atoms with Crippen LogP contribution in [0, 0.1) is 11.8 Å². The molecule has 2 heterocycles. The number of carbonyl (C=O) groups is 1. The summed E-state index contributed by atoms with van der Waals surface area (Å²) in [5.74, 6) is 2.23. The van der Waals surface area contributed by atoms with Crippen LogP contribution in [0.3, 0.4) is 0 Å². The standard InChI is InChI=1S/C21H26N4O3/c1-21(2,3)28-20(26)24-18-16-11-25(12-17(16)18)19-22-9-15(10-23-19)27-13-14-7-5-4-6-8-14/h4-10,16-18H,11-13H2,1-3H3,(H,24,26)/t16-,17+,18?. The van der Waals surface area contributed by atoms with Gasteiger partial charge in [-0.3, -0.25) is 0 Å². The lowest BCUT2D eigenvalue weighted by molar-refractivity contribution is 0.0518. The van der Waals surface area contributed by atoms with Crippen LogP contribution in [0.5, 0.6) is 5.75 Å². The van der Waals surface area contributed by atoms with Crippen LogP contribution in [-0.4, -0.2) is 40.8 Å². The lowest BCUT2D eigenvalue weighted by Crippen LogP contribution is -2.38. The Kier molecular flexibility index (Phi) is 4.83. The molecule has 1 aliphatic heterocycles. The highest BCUT2D eigenvalue weighted by Gasteiger charge is 2.57. The average molecular weight is 382 g/mol. The molecule has 148 valence electrons. The van der Waals surface area contributed by atoms with E-state index in [1.807, 2.05) is 51.1 Å². The minimum Gasteiger partial charge on any atom is -0.486 e. The molecule has 0 spiro atoms. The zero-order chi connectivity index (χ0) is 19.7. The van der Waals surface area contributed by atoms with Crippen LogP contribution in [0.25, 0.3) is 0 Å². The number of alkyl carbamates (subject to hydrolysis) is 1. The van der Waals surface area contributed by atoms with Crippen molar-refractivity contribution < 1.29 is 14.3 Å². The number of amides is 1. The number of anilines is 1. The molecule has 2 aliphatic rings. The number of nitrogens with zero attached hydrogens (tertiary/aromatic N) is 3. The SMILES string of the molecule is CC(C)(C)OC(=O)NC1[C@H]2CN(c3ncc(OCc4ccccc4)cn3)C[C@@H]12. The van der Waals surface area contributed by atoms with Gasteiger partial charge in [0.05, 0.1) is 12.4 Å². The molecule has 1 saturated heterocycles. The van der Waals surface area contributed by atoms with E-state index in [-0.39, 0.29) is 12.1 Å². The fourth-order valence-electron chi connectivity index (χ4n) is 3.64. The first kappa shape index (κ1) is 18.5. The van der Waals surface area contributed by atoms with Crippen LogP contribution in [0.1, 0.15) is 26.3 Å². The predicted molar refractivity (Wildman–Crippen MR) is 105 cm³/mol. The van der Waals surface area contributed by atoms with Crippen LogP contribution >= 0.6 is 0 Å². The molecule has 7 nitrogen and oxygen atoms in total. The van der Waals surface area contributed by atoms with E-state index in [2.05, 4.69) is 20.2 Å². The number of nitrogens with one attached hydrogen (secondary N) is 1. The van der Waals surface area contributed by atoms with Gasteiger partial charge in [0.15, 0.2) is 5.75 Å². The van der Waals surface area contributed by atoms with Gasteiger partial charge in [-0.25, -0.2) is 14.8 Å². The number of fused-ring (bicyclic) bond motifs is 1. The summed E-state index contributed by atoms with van der Waals surface area (Å²) in [7, 11) is 0. The zero-order valence-electron chi connectivity index (χ0n) is 16.5. The molecular weight excluding hydrogens is 356 g/mol. The van der Waals surface area contributed by atoms with E-state index < -0.39 is 5.60 Å². The Balaban J connectivity index is 1.24. The van der Waals surface area contributed by atoms with Crippen molar-refractivity contribution in [2.75, 3.05) is 18.0 Å². The summed E-state index contributed by atoms with van der Waals surface area (Å²) in [6, 6.07) is 10.2. The number of aromatic nitrogens is 2. The van der Waals surface area contributed by atoms with E-state index in [9.17, 15) is 4.79 Å². The van der Waals surface area contributed by atoms with Crippen LogP contribution in [0.2, 0.25) is 0 Å². The third-order valence-electron chi connectivity index (χ3n) is 5.02. The van der Waals surface area contributed by atoms with Crippen molar-refractivity contribution in [3.63, 3.8) is 0 Å². The van der Waals surface area contributed by atoms with Gasteiger partial charge >= 0.3 is 6.09 Å². The minimum absolute atomic E-state index is 0.194. The van der Waals surface area contributed by atoms with Gasteiger partial charge in [0.25, 0.3) is 0 Å². The van der Waals surface area contributed by atoms with Crippen molar-refractivity contribution in [3.05, 3.63) is 48.3 Å². The largest absolute Gasteiger partial charge is 0.486 e. The molecule has 1 aromatic carbocycles. The number of rotatable bonds is 5. The molecule has 0 bridgehead atoms. The van der Waals surface area contributed by atoms with E-state index in [1.54, 1.807) is 12.4 Å². The smallest absolute Gasteiger partial charge is 0.407 e. The predicted octanol–water partition coefficient (Wildman–Crippen LogP) is 3.01. The third-order valence-corrected chi connectivity index (χ3v) is 5.02. The van der Waals surface area contributed by atoms with Gasteiger partial charge in [-0.15, -0.1) is 0 Å². The molecule has 7 heteroatoms. The second kappa shape index (κ2) is 7.30. The monoisotopic (exact) mass is 382 g/mol. The van der Waals surface area contributed by atoms with Gasteiger partial charge in [0.2, 0.25) is 5.95 Å². The fraction of sp³-hybridized carbons (Fsp3) is 0.476. The van der Waals surface area contributed by atoms with Crippen molar-refractivity contribution in [2.45, 2.75) is 39.0 Å². The second-order valence-electron chi connectivity index (χ2n) is 8.40. The van der Waals surface area contributed by atoms with E-state index >= 15 is 0 Å².